The molecule has 1 heterocycles. The van der Waals surface area contributed by atoms with Crippen molar-refractivity contribution < 1.29 is 56.2 Å². The summed E-state index contributed by atoms with van der Waals surface area (Å²) in [6.07, 6.45) is 32.3. The Balaban J connectivity index is 2.28. The van der Waals surface area contributed by atoms with Crippen molar-refractivity contribution >= 4 is 16.4 Å². The topological polar surface area (TPSA) is 178 Å². The normalized spacial score (nSPS) is 21.0. The average molecular weight is 833 g/mol. The lowest BCUT2D eigenvalue weighted by Gasteiger charge is -2.41. The fraction of sp³-hybridized carbons (Fsp3) is 0.841. The van der Waals surface area contributed by atoms with E-state index in [0.717, 1.165) is 70.6 Å². The van der Waals surface area contributed by atoms with Gasteiger partial charge in [0.15, 0.2) is 6.29 Å². The third-order valence-electron chi connectivity index (χ3n) is 10.0. The smallest absolute Gasteiger partial charge is 0.397 e. The van der Waals surface area contributed by atoms with Crippen LogP contribution in [0.5, 0.6) is 0 Å². The summed E-state index contributed by atoms with van der Waals surface area (Å²) in [5.41, 5.74) is 0. The molecule has 6 atom stereocenters. The van der Waals surface area contributed by atoms with E-state index in [1.54, 1.807) is 0 Å². The largest absolute Gasteiger partial charge is 0.457 e. The van der Waals surface area contributed by atoms with Gasteiger partial charge in [0.25, 0.3) is 0 Å². The molecule has 1 saturated heterocycles. The Kier molecular flexibility index (Phi) is 33.9. The van der Waals surface area contributed by atoms with Crippen LogP contribution in [0.2, 0.25) is 0 Å². The van der Waals surface area contributed by atoms with E-state index in [9.17, 15) is 28.5 Å². The van der Waals surface area contributed by atoms with Gasteiger partial charge in [-0.1, -0.05) is 153 Å². The number of carbonyl (C=O) groups excluding carboxylic acids is 1. The van der Waals surface area contributed by atoms with Crippen LogP contribution < -0.4 is 0 Å². The van der Waals surface area contributed by atoms with Crippen LogP contribution in [0.1, 0.15) is 174 Å². The fourth-order valence-electron chi connectivity index (χ4n) is 6.62. The summed E-state index contributed by atoms with van der Waals surface area (Å²) in [5, 5.41) is 30.5. The first-order valence-electron chi connectivity index (χ1n) is 22.2. The lowest BCUT2D eigenvalue weighted by atomic mass is 9.99. The number of ether oxygens (including phenoxy) is 4. The van der Waals surface area contributed by atoms with Crippen LogP contribution in [0.3, 0.4) is 0 Å². The molecule has 334 valence electrons. The van der Waals surface area contributed by atoms with Gasteiger partial charge in [0, 0.05) is 13.0 Å². The minimum atomic E-state index is -5.05. The molecule has 0 saturated carbocycles. The molecule has 13 heteroatoms. The summed E-state index contributed by atoms with van der Waals surface area (Å²) in [6.45, 7) is 3.88. The lowest BCUT2D eigenvalue weighted by Crippen LogP contribution is -2.60. The number of unbranched alkanes of at least 4 members (excludes halogenated alkanes) is 19. The van der Waals surface area contributed by atoms with Crippen LogP contribution >= 0.6 is 0 Å². The van der Waals surface area contributed by atoms with Crippen LogP contribution in [0.25, 0.3) is 0 Å². The van der Waals surface area contributed by atoms with E-state index in [1.165, 1.54) is 77.0 Å². The van der Waals surface area contributed by atoms with Crippen LogP contribution in [0.4, 0.5) is 0 Å². The van der Waals surface area contributed by atoms with Gasteiger partial charge in [0.2, 0.25) is 0 Å². The molecular formula is C44H80O12S. The molecule has 1 rings (SSSR count). The third kappa shape index (κ3) is 30.1. The van der Waals surface area contributed by atoms with E-state index in [-0.39, 0.29) is 19.6 Å². The van der Waals surface area contributed by atoms with E-state index >= 15 is 0 Å². The maximum Gasteiger partial charge on any atom is 0.397 e. The van der Waals surface area contributed by atoms with Gasteiger partial charge < -0.3 is 34.3 Å². The van der Waals surface area contributed by atoms with Gasteiger partial charge >= 0.3 is 16.4 Å². The first kappa shape index (κ1) is 53.3. The number of aliphatic hydroxyl groups is 3. The van der Waals surface area contributed by atoms with Gasteiger partial charge in [-0.05, 0) is 51.4 Å². The SMILES string of the molecule is CCCCCCC/C=C\C/C=C\C/C=C\CCCCCCCCCCCOCC(COC1OC(CO)C(O)C(OS(=O)(=O)O)C1O)OC(=O)CCCCCCCC. The van der Waals surface area contributed by atoms with E-state index in [0.29, 0.717) is 13.0 Å². The van der Waals surface area contributed by atoms with Gasteiger partial charge in [0.05, 0.1) is 19.8 Å². The number of carbonyl (C=O) groups is 1. The maximum atomic E-state index is 12.7. The molecule has 0 amide bonds. The first-order valence-corrected chi connectivity index (χ1v) is 23.6. The van der Waals surface area contributed by atoms with Crippen molar-refractivity contribution in [2.24, 2.45) is 0 Å². The molecule has 12 nitrogen and oxygen atoms in total. The van der Waals surface area contributed by atoms with Gasteiger partial charge in [-0.25, -0.2) is 4.18 Å². The van der Waals surface area contributed by atoms with Gasteiger partial charge in [-0.3, -0.25) is 9.35 Å². The standard InChI is InChI=1S/C44H80O12S/c1-3-5-7-9-11-12-13-14-15-16-17-18-19-20-21-22-23-24-25-26-27-28-30-32-34-52-36-38(54-40(46)33-31-29-10-8-6-4-2)37-53-44-42(48)43(56-57(49,50)51)41(47)39(35-45)55-44/h13-14,16-17,19-20,38-39,41-45,47-48H,3-12,15,18,21-37H2,1-2H3,(H,49,50,51)/b14-13-,17-16-,20-19-. The highest BCUT2D eigenvalue weighted by Crippen LogP contribution is 2.26. The molecule has 0 aromatic rings. The van der Waals surface area contributed by atoms with Crippen molar-refractivity contribution in [3.63, 3.8) is 0 Å². The number of esters is 1. The maximum absolute atomic E-state index is 12.7. The quantitative estimate of drug-likeness (QED) is 0.0201. The summed E-state index contributed by atoms with van der Waals surface area (Å²) in [7, 11) is -5.05. The number of allylic oxidation sites excluding steroid dienone is 6. The Morgan fingerprint density at radius 3 is 1.68 bits per heavy atom. The van der Waals surface area contributed by atoms with Crippen molar-refractivity contribution in [1.29, 1.82) is 0 Å². The highest BCUT2D eigenvalue weighted by atomic mass is 32.3. The molecular weight excluding hydrogens is 753 g/mol. The molecule has 1 aliphatic heterocycles. The predicted octanol–water partition coefficient (Wildman–Crippen LogP) is 9.02. The predicted molar refractivity (Wildman–Crippen MR) is 225 cm³/mol. The Labute approximate surface area is 345 Å². The third-order valence-corrected chi connectivity index (χ3v) is 10.5. The monoisotopic (exact) mass is 833 g/mol. The summed E-state index contributed by atoms with van der Waals surface area (Å²) in [4.78, 5) is 12.7. The number of rotatable bonds is 38. The molecule has 0 spiro atoms. The fourth-order valence-corrected chi connectivity index (χ4v) is 7.13. The second kappa shape index (κ2) is 36.2. The van der Waals surface area contributed by atoms with Crippen LogP contribution in [-0.4, -0.2) is 97.5 Å². The zero-order valence-corrected chi connectivity index (χ0v) is 36.2. The highest BCUT2D eigenvalue weighted by Gasteiger charge is 2.48. The lowest BCUT2D eigenvalue weighted by molar-refractivity contribution is -0.301. The number of hydrogen-bond acceptors (Lipinski definition) is 11. The zero-order chi connectivity index (χ0) is 41.8. The minimum Gasteiger partial charge on any atom is -0.457 e. The second-order valence-corrected chi connectivity index (χ2v) is 16.3. The molecule has 0 bridgehead atoms. The molecule has 0 aromatic carbocycles. The van der Waals surface area contributed by atoms with Gasteiger partial charge in [-0.2, -0.15) is 8.42 Å². The molecule has 1 aliphatic rings. The molecule has 57 heavy (non-hydrogen) atoms. The van der Waals surface area contributed by atoms with Crippen molar-refractivity contribution in [3.8, 4) is 0 Å². The summed E-state index contributed by atoms with van der Waals surface area (Å²) < 4.78 is 58.7. The van der Waals surface area contributed by atoms with Gasteiger partial charge in [-0.15, -0.1) is 0 Å². The molecule has 0 aromatic heterocycles. The van der Waals surface area contributed by atoms with E-state index in [2.05, 4.69) is 54.5 Å². The molecule has 6 unspecified atom stereocenters. The Morgan fingerprint density at radius 1 is 0.667 bits per heavy atom. The molecule has 1 fully saturated rings. The van der Waals surface area contributed by atoms with Crippen LogP contribution in [-0.2, 0) is 38.3 Å². The minimum absolute atomic E-state index is 0.0326. The van der Waals surface area contributed by atoms with Crippen LogP contribution in [0.15, 0.2) is 36.5 Å². The first-order chi connectivity index (χ1) is 27.6. The van der Waals surface area contributed by atoms with Gasteiger partial charge in [0.1, 0.15) is 30.5 Å². The second-order valence-electron chi connectivity index (χ2n) is 15.3. The number of hydrogen-bond donors (Lipinski definition) is 4. The van der Waals surface area contributed by atoms with Crippen molar-refractivity contribution in [1.82, 2.24) is 0 Å². The number of aliphatic hydroxyl groups excluding tert-OH is 3. The van der Waals surface area contributed by atoms with Crippen molar-refractivity contribution in [3.05, 3.63) is 36.5 Å². The van der Waals surface area contributed by atoms with Crippen molar-refractivity contribution in [2.45, 2.75) is 211 Å². The Morgan fingerprint density at radius 2 is 1.16 bits per heavy atom. The Hall–Kier alpha value is -1.68. The van der Waals surface area contributed by atoms with Crippen molar-refractivity contribution in [2.75, 3.05) is 26.4 Å². The zero-order valence-electron chi connectivity index (χ0n) is 35.4. The Bertz CT molecular complexity index is 1140. The summed E-state index contributed by atoms with van der Waals surface area (Å²) in [6, 6.07) is 0. The molecule has 4 N–H and O–H groups in total. The van der Waals surface area contributed by atoms with E-state index in [4.69, 9.17) is 23.5 Å². The van der Waals surface area contributed by atoms with Crippen LogP contribution in [0, 0.1) is 0 Å². The molecule has 0 aliphatic carbocycles. The van der Waals surface area contributed by atoms with E-state index in [1.807, 2.05) is 0 Å². The summed E-state index contributed by atoms with van der Waals surface area (Å²) >= 11 is 0. The average Bonchev–Trinajstić information content (AvgIpc) is 3.18. The summed E-state index contributed by atoms with van der Waals surface area (Å²) in [5.74, 6) is -0.411. The highest BCUT2D eigenvalue weighted by molar-refractivity contribution is 7.80. The van der Waals surface area contributed by atoms with E-state index < -0.39 is 59.8 Å². The molecule has 0 radical (unpaired) electrons.